The number of carbonyl (C=O) groups is 1. The highest BCUT2D eigenvalue weighted by atomic mass is 32.2. The lowest BCUT2D eigenvalue weighted by atomic mass is 9.78. The summed E-state index contributed by atoms with van der Waals surface area (Å²) in [5.74, 6) is 0.0913. The molecular weight excluding hydrogens is 274 g/mol. The van der Waals surface area contributed by atoms with Gasteiger partial charge >= 0.3 is 0 Å². The van der Waals surface area contributed by atoms with Gasteiger partial charge in [-0.1, -0.05) is 20.3 Å². The zero-order chi connectivity index (χ0) is 15.6. The van der Waals surface area contributed by atoms with Crippen LogP contribution in [0.15, 0.2) is 0 Å². The number of carbonyl (C=O) groups excluding carboxylic acids is 1. The molecule has 0 aromatic carbocycles. The third-order valence-corrected chi connectivity index (χ3v) is 6.40. The van der Waals surface area contributed by atoms with E-state index in [-0.39, 0.29) is 17.0 Å². The van der Waals surface area contributed by atoms with Crippen molar-refractivity contribution in [2.75, 3.05) is 19.3 Å². The molecule has 0 saturated heterocycles. The number of hydrogen-bond acceptors (Lipinski definition) is 4. The lowest BCUT2D eigenvalue weighted by Crippen LogP contribution is -2.53. The van der Waals surface area contributed by atoms with Gasteiger partial charge in [0.25, 0.3) is 0 Å². The van der Waals surface area contributed by atoms with Crippen molar-refractivity contribution in [3.8, 4) is 0 Å². The molecule has 0 aromatic heterocycles. The van der Waals surface area contributed by atoms with Gasteiger partial charge in [-0.05, 0) is 46.2 Å². The second kappa shape index (κ2) is 6.56. The molecule has 1 rings (SSSR count). The summed E-state index contributed by atoms with van der Waals surface area (Å²) < 4.78 is 23.5. The van der Waals surface area contributed by atoms with Crippen molar-refractivity contribution in [1.82, 2.24) is 4.90 Å². The van der Waals surface area contributed by atoms with Gasteiger partial charge in [0.05, 0.1) is 10.8 Å². The van der Waals surface area contributed by atoms with Gasteiger partial charge in [-0.15, -0.1) is 0 Å². The lowest BCUT2D eigenvalue weighted by Gasteiger charge is -2.40. The van der Waals surface area contributed by atoms with Crippen LogP contribution in [0.5, 0.6) is 0 Å². The van der Waals surface area contributed by atoms with Gasteiger partial charge in [0, 0.05) is 12.2 Å². The monoisotopic (exact) mass is 303 g/mol. The van der Waals surface area contributed by atoms with Gasteiger partial charge in [-0.25, -0.2) is 8.42 Å². The normalized spacial score (nSPS) is 24.9. The van der Waals surface area contributed by atoms with Crippen LogP contribution in [-0.4, -0.2) is 49.2 Å². The predicted octanol–water partition coefficient (Wildman–Crippen LogP) is 2.28. The number of likely N-dealkylation sites (N-methyl/N-ethyl adjacent to an activating group) is 1. The first-order chi connectivity index (χ1) is 9.14. The molecule has 2 atom stereocenters. The Morgan fingerprint density at radius 3 is 2.20 bits per heavy atom. The van der Waals surface area contributed by atoms with Crippen molar-refractivity contribution in [1.29, 1.82) is 0 Å². The van der Waals surface area contributed by atoms with Gasteiger partial charge in [0.1, 0.15) is 9.84 Å². The van der Waals surface area contributed by atoms with Crippen molar-refractivity contribution in [3.05, 3.63) is 0 Å². The molecular formula is C15H29NO3S. The van der Waals surface area contributed by atoms with E-state index in [2.05, 4.69) is 18.7 Å². The molecule has 0 spiro atoms. The van der Waals surface area contributed by atoms with Gasteiger partial charge < -0.3 is 0 Å². The second-order valence-electron chi connectivity index (χ2n) is 6.41. The highest BCUT2D eigenvalue weighted by Gasteiger charge is 2.40. The summed E-state index contributed by atoms with van der Waals surface area (Å²) in [6.45, 7) is 9.70. The standard InChI is InChI=1S/C15H29NO3S/c1-6-16(7-2)15(3,4)14(17)12-9-8-10-13(11-12)20(5,18)19/h12-13H,6-11H2,1-5H3. The largest absolute Gasteiger partial charge is 0.297 e. The molecule has 0 N–H and O–H groups in total. The van der Waals surface area contributed by atoms with Crippen LogP contribution in [0.25, 0.3) is 0 Å². The minimum atomic E-state index is -3.04. The van der Waals surface area contributed by atoms with Crippen LogP contribution in [-0.2, 0) is 14.6 Å². The fourth-order valence-electron chi connectivity index (χ4n) is 3.44. The average molecular weight is 303 g/mol. The van der Waals surface area contributed by atoms with Crippen molar-refractivity contribution in [2.45, 2.75) is 64.2 Å². The molecule has 118 valence electrons. The van der Waals surface area contributed by atoms with Gasteiger partial charge in [-0.3, -0.25) is 9.69 Å². The predicted molar refractivity (Wildman–Crippen MR) is 82.6 cm³/mol. The van der Waals surface area contributed by atoms with Crippen molar-refractivity contribution >= 4 is 15.6 Å². The van der Waals surface area contributed by atoms with Crippen LogP contribution in [0.1, 0.15) is 53.4 Å². The summed E-state index contributed by atoms with van der Waals surface area (Å²) >= 11 is 0. The van der Waals surface area contributed by atoms with E-state index >= 15 is 0 Å². The van der Waals surface area contributed by atoms with Gasteiger partial charge in [0.2, 0.25) is 0 Å². The Morgan fingerprint density at radius 1 is 1.20 bits per heavy atom. The third-order valence-electron chi connectivity index (χ3n) is 4.76. The van der Waals surface area contributed by atoms with Crippen molar-refractivity contribution in [3.63, 3.8) is 0 Å². The topological polar surface area (TPSA) is 54.5 Å². The number of hydrogen-bond donors (Lipinski definition) is 0. The maximum absolute atomic E-state index is 12.8. The third kappa shape index (κ3) is 3.82. The van der Waals surface area contributed by atoms with Crippen LogP contribution < -0.4 is 0 Å². The summed E-state index contributed by atoms with van der Waals surface area (Å²) in [5.41, 5.74) is -0.506. The summed E-state index contributed by atoms with van der Waals surface area (Å²) in [7, 11) is -3.04. The summed E-state index contributed by atoms with van der Waals surface area (Å²) in [6, 6.07) is 0. The molecule has 0 bridgehead atoms. The summed E-state index contributed by atoms with van der Waals surface area (Å²) in [5, 5.41) is -0.335. The lowest BCUT2D eigenvalue weighted by molar-refractivity contribution is -0.134. The average Bonchev–Trinajstić information content (AvgIpc) is 2.38. The van der Waals surface area contributed by atoms with Crippen LogP contribution in [0.2, 0.25) is 0 Å². The van der Waals surface area contributed by atoms with E-state index in [4.69, 9.17) is 0 Å². The SMILES string of the molecule is CCN(CC)C(C)(C)C(=O)C1CCCC(S(C)(=O)=O)C1. The zero-order valence-corrected chi connectivity index (χ0v) is 14.3. The van der Waals surface area contributed by atoms with E-state index < -0.39 is 15.4 Å². The number of ketones is 1. The molecule has 0 aromatic rings. The Morgan fingerprint density at radius 2 is 1.75 bits per heavy atom. The van der Waals surface area contributed by atoms with Crippen LogP contribution in [0, 0.1) is 5.92 Å². The van der Waals surface area contributed by atoms with Crippen LogP contribution >= 0.6 is 0 Å². The maximum Gasteiger partial charge on any atom is 0.155 e. The first-order valence-electron chi connectivity index (χ1n) is 7.62. The van der Waals surface area contributed by atoms with E-state index in [0.717, 1.165) is 25.9 Å². The van der Waals surface area contributed by atoms with E-state index in [1.807, 2.05) is 13.8 Å². The molecule has 1 saturated carbocycles. The van der Waals surface area contributed by atoms with Gasteiger partial charge in [-0.2, -0.15) is 0 Å². The first-order valence-corrected chi connectivity index (χ1v) is 9.58. The number of rotatable bonds is 6. The molecule has 1 fully saturated rings. The number of Topliss-reactive ketones (excluding diaryl/α,β-unsaturated/α-hetero) is 1. The molecule has 20 heavy (non-hydrogen) atoms. The van der Waals surface area contributed by atoms with Crippen molar-refractivity contribution in [2.24, 2.45) is 5.92 Å². The zero-order valence-electron chi connectivity index (χ0n) is 13.5. The fraction of sp³-hybridized carbons (Fsp3) is 0.933. The molecule has 1 aliphatic carbocycles. The Hall–Kier alpha value is -0.420. The second-order valence-corrected chi connectivity index (χ2v) is 8.74. The number of nitrogens with zero attached hydrogens (tertiary/aromatic N) is 1. The van der Waals surface area contributed by atoms with Gasteiger partial charge in [0.15, 0.2) is 5.78 Å². The smallest absolute Gasteiger partial charge is 0.155 e. The Bertz CT molecular complexity index is 438. The van der Waals surface area contributed by atoms with Crippen molar-refractivity contribution < 1.29 is 13.2 Å². The van der Waals surface area contributed by atoms with E-state index in [0.29, 0.717) is 12.8 Å². The van der Waals surface area contributed by atoms with E-state index in [1.165, 1.54) is 6.26 Å². The van der Waals surface area contributed by atoms with E-state index in [9.17, 15) is 13.2 Å². The molecule has 5 heteroatoms. The minimum absolute atomic E-state index is 0.112. The maximum atomic E-state index is 12.8. The van der Waals surface area contributed by atoms with Crippen LogP contribution in [0.4, 0.5) is 0 Å². The molecule has 0 aliphatic heterocycles. The molecule has 2 unspecified atom stereocenters. The molecule has 0 radical (unpaired) electrons. The number of sulfone groups is 1. The van der Waals surface area contributed by atoms with E-state index in [1.54, 1.807) is 0 Å². The molecule has 4 nitrogen and oxygen atoms in total. The Kier molecular flexibility index (Phi) is 5.79. The summed E-state index contributed by atoms with van der Waals surface area (Å²) in [6.07, 6.45) is 4.16. The fourth-order valence-corrected chi connectivity index (χ4v) is 4.62. The molecule has 0 amide bonds. The molecule has 1 aliphatic rings. The quantitative estimate of drug-likeness (QED) is 0.755. The Labute approximate surface area is 123 Å². The first kappa shape index (κ1) is 17.6. The summed E-state index contributed by atoms with van der Waals surface area (Å²) in [4.78, 5) is 15.0. The highest BCUT2D eigenvalue weighted by Crippen LogP contribution is 2.33. The minimum Gasteiger partial charge on any atom is -0.297 e. The Balaban J connectivity index is 2.86. The molecule has 0 heterocycles. The highest BCUT2D eigenvalue weighted by molar-refractivity contribution is 7.91. The van der Waals surface area contributed by atoms with Crippen LogP contribution in [0.3, 0.4) is 0 Å².